The number of fused-ring (bicyclic) bond motifs is 2. The van der Waals surface area contributed by atoms with Crippen LogP contribution in [0.4, 0.5) is 0 Å². The van der Waals surface area contributed by atoms with Gasteiger partial charge >= 0.3 is 0 Å². The van der Waals surface area contributed by atoms with E-state index in [0.29, 0.717) is 5.92 Å². The zero-order chi connectivity index (χ0) is 13.5. The topological polar surface area (TPSA) is 29.3 Å². The number of para-hydroxylation sites is 1. The van der Waals surface area contributed by atoms with E-state index in [1.807, 2.05) is 6.07 Å². The molecule has 2 aromatic carbocycles. The van der Waals surface area contributed by atoms with Crippen LogP contribution in [0.25, 0.3) is 11.0 Å². The summed E-state index contributed by atoms with van der Waals surface area (Å²) in [5.41, 5.74) is 4.97. The summed E-state index contributed by atoms with van der Waals surface area (Å²) in [6, 6.07) is 15.0. The molecule has 1 aliphatic rings. The molecule has 0 saturated heterocycles. The van der Waals surface area contributed by atoms with Crippen molar-refractivity contribution in [1.29, 1.82) is 0 Å². The Kier molecular flexibility index (Phi) is 2.60. The van der Waals surface area contributed by atoms with Crippen molar-refractivity contribution in [2.75, 3.05) is 13.6 Å². The van der Waals surface area contributed by atoms with E-state index in [0.717, 1.165) is 24.1 Å². The Labute approximate surface area is 117 Å². The van der Waals surface area contributed by atoms with Crippen LogP contribution in [-0.4, -0.2) is 23.6 Å². The summed E-state index contributed by atoms with van der Waals surface area (Å²) < 4.78 is 5.48. The molecule has 1 aromatic heterocycles. The Hall–Kier alpha value is -2.13. The van der Waals surface area contributed by atoms with Gasteiger partial charge in [-0.1, -0.05) is 41.6 Å². The van der Waals surface area contributed by atoms with E-state index in [1.165, 1.54) is 16.7 Å². The van der Waals surface area contributed by atoms with Gasteiger partial charge in [-0.25, -0.2) is 0 Å². The quantitative estimate of drug-likeness (QED) is 0.674. The van der Waals surface area contributed by atoms with Crippen LogP contribution in [0.15, 0.2) is 53.2 Å². The van der Waals surface area contributed by atoms with Crippen molar-refractivity contribution in [2.45, 2.75) is 12.5 Å². The molecule has 3 aromatic rings. The fraction of sp³-hybridized carbons (Fsp3) is 0.235. The molecule has 0 bridgehead atoms. The maximum atomic E-state index is 5.48. The number of hydrogen-bond donors (Lipinski definition) is 0. The van der Waals surface area contributed by atoms with Crippen LogP contribution in [-0.2, 0) is 6.54 Å². The van der Waals surface area contributed by atoms with Crippen LogP contribution in [0, 0.1) is 0 Å². The van der Waals surface area contributed by atoms with Gasteiger partial charge in [0.15, 0.2) is 5.58 Å². The van der Waals surface area contributed by atoms with Crippen LogP contribution in [0.2, 0.25) is 0 Å². The van der Waals surface area contributed by atoms with Crippen LogP contribution in [0.1, 0.15) is 22.6 Å². The first-order valence-electron chi connectivity index (χ1n) is 6.92. The van der Waals surface area contributed by atoms with Crippen molar-refractivity contribution in [1.82, 2.24) is 10.1 Å². The van der Waals surface area contributed by atoms with E-state index in [-0.39, 0.29) is 0 Å². The molecule has 100 valence electrons. The molecule has 0 fully saturated rings. The van der Waals surface area contributed by atoms with Crippen LogP contribution >= 0.6 is 0 Å². The minimum absolute atomic E-state index is 0.349. The van der Waals surface area contributed by atoms with Gasteiger partial charge in [-0.05, 0) is 24.2 Å². The smallest absolute Gasteiger partial charge is 0.170 e. The second-order valence-corrected chi connectivity index (χ2v) is 5.54. The maximum absolute atomic E-state index is 5.48. The van der Waals surface area contributed by atoms with Crippen molar-refractivity contribution in [3.63, 3.8) is 0 Å². The van der Waals surface area contributed by atoms with Crippen molar-refractivity contribution < 1.29 is 4.52 Å². The van der Waals surface area contributed by atoms with Crippen molar-refractivity contribution in [3.05, 3.63) is 65.4 Å². The third-order valence-corrected chi connectivity index (χ3v) is 4.15. The summed E-state index contributed by atoms with van der Waals surface area (Å²) in [7, 11) is 2.17. The van der Waals surface area contributed by atoms with E-state index in [2.05, 4.69) is 53.5 Å². The average Bonchev–Trinajstić information content (AvgIpc) is 2.94. The van der Waals surface area contributed by atoms with Crippen molar-refractivity contribution in [2.24, 2.45) is 0 Å². The van der Waals surface area contributed by atoms with Gasteiger partial charge in [0.25, 0.3) is 0 Å². The summed E-state index contributed by atoms with van der Waals surface area (Å²) in [5.74, 6) is 0.349. The Morgan fingerprint density at radius 1 is 1.10 bits per heavy atom. The van der Waals surface area contributed by atoms with Gasteiger partial charge in [-0.3, -0.25) is 0 Å². The molecule has 3 heteroatoms. The number of rotatable bonds is 1. The number of likely N-dealkylation sites (N-methyl/N-ethyl adjacent to an activating group) is 1. The van der Waals surface area contributed by atoms with Gasteiger partial charge in [-0.2, -0.15) is 0 Å². The zero-order valence-corrected chi connectivity index (χ0v) is 11.4. The standard InChI is InChI=1S/C17H16N2O/c1-19-10-13-5-2-3-7-14(13)16(11-19)15-8-4-6-12-9-18-20-17(12)15/h2-9,16H,10-11H2,1H3. The van der Waals surface area contributed by atoms with E-state index in [1.54, 1.807) is 6.20 Å². The molecule has 0 aliphatic carbocycles. The van der Waals surface area contributed by atoms with Gasteiger partial charge in [0.05, 0.1) is 6.20 Å². The van der Waals surface area contributed by atoms with E-state index < -0.39 is 0 Å². The first kappa shape index (κ1) is 11.7. The van der Waals surface area contributed by atoms with Gasteiger partial charge in [0.1, 0.15) is 0 Å². The van der Waals surface area contributed by atoms with Gasteiger partial charge in [0.2, 0.25) is 0 Å². The maximum Gasteiger partial charge on any atom is 0.170 e. The van der Waals surface area contributed by atoms with E-state index in [9.17, 15) is 0 Å². The Bertz CT molecular complexity index is 762. The highest BCUT2D eigenvalue weighted by Gasteiger charge is 2.26. The Morgan fingerprint density at radius 2 is 1.95 bits per heavy atom. The first-order chi connectivity index (χ1) is 9.83. The highest BCUT2D eigenvalue weighted by atomic mass is 16.5. The molecule has 3 nitrogen and oxygen atoms in total. The second kappa shape index (κ2) is 4.46. The number of benzene rings is 2. The van der Waals surface area contributed by atoms with E-state index >= 15 is 0 Å². The van der Waals surface area contributed by atoms with Crippen molar-refractivity contribution in [3.8, 4) is 0 Å². The molecule has 0 saturated carbocycles. The lowest BCUT2D eigenvalue weighted by Crippen LogP contribution is -2.30. The highest BCUT2D eigenvalue weighted by Crippen LogP contribution is 2.36. The monoisotopic (exact) mass is 264 g/mol. The third kappa shape index (κ3) is 1.74. The Morgan fingerprint density at radius 3 is 2.90 bits per heavy atom. The lowest BCUT2D eigenvalue weighted by molar-refractivity contribution is 0.294. The van der Waals surface area contributed by atoms with Crippen molar-refractivity contribution >= 4 is 11.0 Å². The minimum Gasteiger partial charge on any atom is -0.356 e. The zero-order valence-electron chi connectivity index (χ0n) is 11.4. The largest absolute Gasteiger partial charge is 0.356 e. The normalized spacial score (nSPS) is 19.1. The van der Waals surface area contributed by atoms with Gasteiger partial charge in [0, 0.05) is 30.0 Å². The molecular formula is C17H16N2O. The molecule has 1 unspecified atom stereocenters. The molecule has 1 atom stereocenters. The molecule has 0 amide bonds. The average molecular weight is 264 g/mol. The van der Waals surface area contributed by atoms with Crippen LogP contribution < -0.4 is 0 Å². The van der Waals surface area contributed by atoms with E-state index in [4.69, 9.17) is 4.52 Å². The summed E-state index contributed by atoms with van der Waals surface area (Å²) in [6.45, 7) is 2.02. The fourth-order valence-electron chi connectivity index (χ4n) is 3.24. The number of aromatic nitrogens is 1. The summed E-state index contributed by atoms with van der Waals surface area (Å²) in [5, 5.41) is 5.02. The molecule has 1 aliphatic heterocycles. The van der Waals surface area contributed by atoms with Gasteiger partial charge in [-0.15, -0.1) is 0 Å². The molecule has 0 N–H and O–H groups in total. The molecule has 0 radical (unpaired) electrons. The number of hydrogen-bond acceptors (Lipinski definition) is 3. The molecular weight excluding hydrogens is 248 g/mol. The summed E-state index contributed by atoms with van der Waals surface area (Å²) >= 11 is 0. The molecule has 20 heavy (non-hydrogen) atoms. The second-order valence-electron chi connectivity index (χ2n) is 5.54. The predicted molar refractivity (Wildman–Crippen MR) is 78.6 cm³/mol. The molecule has 4 rings (SSSR count). The predicted octanol–water partition coefficient (Wildman–Crippen LogP) is 3.41. The lowest BCUT2D eigenvalue weighted by atomic mass is 9.84. The SMILES string of the molecule is CN1Cc2ccccc2C(c2cccc3cnoc23)C1. The minimum atomic E-state index is 0.349. The van der Waals surface area contributed by atoms with Crippen LogP contribution in [0.5, 0.6) is 0 Å². The fourth-order valence-corrected chi connectivity index (χ4v) is 3.24. The Balaban J connectivity index is 1.92. The first-order valence-corrected chi connectivity index (χ1v) is 6.92. The summed E-state index contributed by atoms with van der Waals surface area (Å²) in [6.07, 6.45) is 1.79. The number of nitrogens with zero attached hydrogens (tertiary/aromatic N) is 2. The van der Waals surface area contributed by atoms with Crippen LogP contribution in [0.3, 0.4) is 0 Å². The molecule has 0 spiro atoms. The highest BCUT2D eigenvalue weighted by molar-refractivity contribution is 5.80. The lowest BCUT2D eigenvalue weighted by Gasteiger charge is -2.32. The summed E-state index contributed by atoms with van der Waals surface area (Å²) in [4.78, 5) is 2.36. The molecule has 2 heterocycles. The van der Waals surface area contributed by atoms with Gasteiger partial charge < -0.3 is 9.42 Å². The third-order valence-electron chi connectivity index (χ3n) is 4.15.